The summed E-state index contributed by atoms with van der Waals surface area (Å²) in [6.45, 7) is 3.71. The van der Waals surface area contributed by atoms with Gasteiger partial charge in [-0.2, -0.15) is 0 Å². The highest BCUT2D eigenvalue weighted by atomic mass is 31.2. The molecule has 7 nitrogen and oxygen atoms in total. The number of amides is 2. The number of benzene rings is 3. The van der Waals surface area contributed by atoms with Gasteiger partial charge in [0.1, 0.15) is 6.61 Å². The molecule has 0 saturated carbocycles. The Hall–Kier alpha value is -3.57. The molecule has 3 rings (SSSR count). The van der Waals surface area contributed by atoms with E-state index in [1.54, 1.807) is 43.7 Å². The highest BCUT2D eigenvalue weighted by molar-refractivity contribution is 7.62. The Morgan fingerprint density at radius 1 is 0.939 bits per heavy atom. The Morgan fingerprint density at radius 2 is 1.64 bits per heavy atom. The molecule has 0 aromatic heterocycles. The molecule has 0 saturated heterocycles. The molecule has 172 valence electrons. The highest BCUT2D eigenvalue weighted by Gasteiger charge is 2.11. The van der Waals surface area contributed by atoms with E-state index < -0.39 is 13.2 Å². The molecule has 0 heterocycles. The van der Waals surface area contributed by atoms with Gasteiger partial charge in [-0.05, 0) is 54.3 Å². The zero-order valence-corrected chi connectivity index (χ0v) is 19.6. The van der Waals surface area contributed by atoms with E-state index in [1.165, 1.54) is 0 Å². The van der Waals surface area contributed by atoms with Crippen molar-refractivity contribution in [1.29, 1.82) is 0 Å². The van der Waals surface area contributed by atoms with Crippen LogP contribution in [-0.2, 0) is 15.9 Å². The molecule has 0 spiro atoms. The smallest absolute Gasteiger partial charge is 0.407 e. The maximum absolute atomic E-state index is 12.7. The van der Waals surface area contributed by atoms with Gasteiger partial charge in [0.05, 0.1) is 18.5 Å². The molecule has 0 aliphatic rings. The summed E-state index contributed by atoms with van der Waals surface area (Å²) < 4.78 is 16.8. The second kappa shape index (κ2) is 10.8. The number of nitrogens with two attached hydrogens (primary N) is 1. The minimum Gasteiger partial charge on any atom is -0.445 e. The summed E-state index contributed by atoms with van der Waals surface area (Å²) in [4.78, 5) is 24.4. The number of carbonyl (C=O) groups is 2. The number of anilines is 2. The van der Waals surface area contributed by atoms with Crippen LogP contribution in [0, 0.1) is 0 Å². The molecule has 8 heteroatoms. The molecular formula is C25H28N3O4P. The lowest BCUT2D eigenvalue weighted by Gasteiger charge is -2.11. The number of carbonyl (C=O) groups excluding carboxylic acids is 2. The van der Waals surface area contributed by atoms with E-state index in [-0.39, 0.29) is 12.5 Å². The molecule has 0 unspecified atom stereocenters. The van der Waals surface area contributed by atoms with Gasteiger partial charge < -0.3 is 25.7 Å². The fourth-order valence-electron chi connectivity index (χ4n) is 3.05. The summed E-state index contributed by atoms with van der Waals surface area (Å²) in [5.74, 6) is -0.291. The molecule has 3 aromatic carbocycles. The minimum absolute atomic E-state index is 0.0652. The first kappa shape index (κ1) is 24.1. The summed E-state index contributed by atoms with van der Waals surface area (Å²) in [5, 5.41) is 5.44. The van der Waals surface area contributed by atoms with Crippen molar-refractivity contribution in [3.63, 3.8) is 0 Å². The number of rotatable bonds is 8. The number of alkyl carbamates (subject to hydrolysis) is 1. The van der Waals surface area contributed by atoms with Gasteiger partial charge in [0.15, 0.2) is 0 Å². The third kappa shape index (κ3) is 7.51. The molecule has 0 aliphatic heterocycles. The lowest BCUT2D eigenvalue weighted by atomic mass is 10.0. The minimum atomic E-state index is -2.18. The van der Waals surface area contributed by atoms with Gasteiger partial charge in [0.25, 0.3) is 5.91 Å². The largest absolute Gasteiger partial charge is 0.445 e. The molecule has 4 N–H and O–H groups in total. The van der Waals surface area contributed by atoms with Crippen molar-refractivity contribution in [1.82, 2.24) is 5.32 Å². The average molecular weight is 465 g/mol. The van der Waals surface area contributed by atoms with E-state index in [2.05, 4.69) is 10.6 Å². The summed E-state index contributed by atoms with van der Waals surface area (Å²) in [6.07, 6.45) is -0.149. The van der Waals surface area contributed by atoms with Gasteiger partial charge in [0, 0.05) is 18.3 Å². The molecule has 0 bridgehead atoms. The Balaban J connectivity index is 1.56. The number of hydrogen-bond acceptors (Lipinski definition) is 5. The van der Waals surface area contributed by atoms with Crippen molar-refractivity contribution in [2.24, 2.45) is 0 Å². The van der Waals surface area contributed by atoms with Gasteiger partial charge in [-0.1, -0.05) is 48.5 Å². The predicted octanol–water partition coefficient (Wildman–Crippen LogP) is 5.04. The summed E-state index contributed by atoms with van der Waals surface area (Å²) >= 11 is 0. The van der Waals surface area contributed by atoms with Crippen LogP contribution in [0.2, 0.25) is 0 Å². The second-order valence-electron chi connectivity index (χ2n) is 8.12. The average Bonchev–Trinajstić information content (AvgIpc) is 2.79. The van der Waals surface area contributed by atoms with E-state index >= 15 is 0 Å². The third-order valence-electron chi connectivity index (χ3n) is 4.91. The van der Waals surface area contributed by atoms with E-state index in [0.29, 0.717) is 29.6 Å². The van der Waals surface area contributed by atoms with Crippen LogP contribution in [0.4, 0.5) is 16.2 Å². The number of nitrogen functional groups attached to an aromatic ring is 1. The van der Waals surface area contributed by atoms with Gasteiger partial charge in [-0.3, -0.25) is 4.79 Å². The van der Waals surface area contributed by atoms with Crippen molar-refractivity contribution < 1.29 is 18.9 Å². The van der Waals surface area contributed by atoms with Gasteiger partial charge in [-0.15, -0.1) is 0 Å². The second-order valence-corrected chi connectivity index (χ2v) is 11.7. The Bertz CT molecular complexity index is 1160. The van der Waals surface area contributed by atoms with Crippen molar-refractivity contribution in [3.05, 3.63) is 83.9 Å². The van der Waals surface area contributed by atoms with Crippen molar-refractivity contribution in [2.45, 2.75) is 6.61 Å². The molecular weight excluding hydrogens is 437 g/mol. The normalized spacial score (nSPS) is 11.0. The monoisotopic (exact) mass is 465 g/mol. The van der Waals surface area contributed by atoms with E-state index in [4.69, 9.17) is 10.5 Å². The molecule has 0 atom stereocenters. The maximum Gasteiger partial charge on any atom is 0.407 e. The molecule has 0 aliphatic carbocycles. The molecule has 0 fully saturated rings. The Morgan fingerprint density at radius 3 is 2.30 bits per heavy atom. The van der Waals surface area contributed by atoms with Crippen LogP contribution in [0.3, 0.4) is 0 Å². The van der Waals surface area contributed by atoms with Crippen LogP contribution < -0.4 is 16.4 Å². The summed E-state index contributed by atoms with van der Waals surface area (Å²) in [7, 11) is -2.18. The standard InChI is InChI=1S/C25H28N3O4P/c1-33(2,31)15-14-27-25(30)32-17-18-8-10-20(11-9-18)24(29)28-23-16-21(12-13-22(23)26)19-6-4-3-5-7-19/h3-13,16H,14-15,17,26H2,1-2H3,(H,27,30)(H,28,29). The first-order valence-electron chi connectivity index (χ1n) is 10.5. The van der Waals surface area contributed by atoms with Crippen LogP contribution in [0.15, 0.2) is 72.8 Å². The zero-order valence-electron chi connectivity index (χ0n) is 18.7. The van der Waals surface area contributed by atoms with Gasteiger partial charge in [0.2, 0.25) is 0 Å². The quantitative estimate of drug-likeness (QED) is 0.319. The first-order chi connectivity index (χ1) is 15.7. The fraction of sp³-hybridized carbons (Fsp3) is 0.200. The Kier molecular flexibility index (Phi) is 7.91. The van der Waals surface area contributed by atoms with Crippen LogP contribution in [0.5, 0.6) is 0 Å². The SMILES string of the molecule is CP(C)(=O)CCNC(=O)OCc1ccc(C(=O)Nc2cc(-c3ccccc3)ccc2N)cc1. The predicted molar refractivity (Wildman–Crippen MR) is 133 cm³/mol. The Labute approximate surface area is 193 Å². The zero-order chi connectivity index (χ0) is 23.8. The van der Waals surface area contributed by atoms with Crippen LogP contribution in [-0.4, -0.2) is 38.0 Å². The fourth-order valence-corrected chi connectivity index (χ4v) is 3.70. The first-order valence-corrected chi connectivity index (χ1v) is 13.3. The van der Waals surface area contributed by atoms with E-state index in [9.17, 15) is 14.2 Å². The van der Waals surface area contributed by atoms with Crippen molar-refractivity contribution in [2.75, 3.05) is 37.1 Å². The van der Waals surface area contributed by atoms with E-state index in [1.807, 2.05) is 42.5 Å². The maximum atomic E-state index is 12.7. The molecule has 33 heavy (non-hydrogen) atoms. The summed E-state index contributed by atoms with van der Waals surface area (Å²) in [5.41, 5.74) is 10.2. The highest BCUT2D eigenvalue weighted by Crippen LogP contribution is 2.34. The summed E-state index contributed by atoms with van der Waals surface area (Å²) in [6, 6.07) is 22.1. The lowest BCUT2D eigenvalue weighted by Crippen LogP contribution is -2.27. The number of ether oxygens (including phenoxy) is 1. The van der Waals surface area contributed by atoms with Gasteiger partial charge >= 0.3 is 6.09 Å². The lowest BCUT2D eigenvalue weighted by molar-refractivity contribution is 0.102. The third-order valence-corrected chi connectivity index (χ3v) is 6.21. The number of hydrogen-bond donors (Lipinski definition) is 3. The van der Waals surface area contributed by atoms with Crippen LogP contribution in [0.1, 0.15) is 15.9 Å². The molecule has 2 amide bonds. The topological polar surface area (TPSA) is 111 Å². The number of nitrogens with one attached hydrogen (secondary N) is 2. The van der Waals surface area contributed by atoms with Gasteiger partial charge in [-0.25, -0.2) is 4.79 Å². The van der Waals surface area contributed by atoms with Crippen LogP contribution >= 0.6 is 7.14 Å². The van der Waals surface area contributed by atoms with Crippen molar-refractivity contribution >= 4 is 30.5 Å². The molecule has 0 radical (unpaired) electrons. The molecule has 3 aromatic rings. The van der Waals surface area contributed by atoms with Crippen LogP contribution in [0.25, 0.3) is 11.1 Å². The van der Waals surface area contributed by atoms with E-state index in [0.717, 1.165) is 16.7 Å². The van der Waals surface area contributed by atoms with Crippen molar-refractivity contribution in [3.8, 4) is 11.1 Å².